The number of nitrogens with zero attached hydrogens (tertiary/aromatic N) is 3. The van der Waals surface area contributed by atoms with Crippen molar-refractivity contribution in [1.82, 2.24) is 15.3 Å². The van der Waals surface area contributed by atoms with Crippen LogP contribution in [0.3, 0.4) is 0 Å². The number of fused-ring (bicyclic) bond motifs is 2. The largest absolute Gasteiger partial charge is 0.485 e. The second-order valence-corrected chi connectivity index (χ2v) is 9.09. The van der Waals surface area contributed by atoms with Crippen molar-refractivity contribution in [3.05, 3.63) is 88.5 Å². The Balaban J connectivity index is 1.33. The van der Waals surface area contributed by atoms with Crippen molar-refractivity contribution in [2.24, 2.45) is 4.99 Å². The van der Waals surface area contributed by atoms with Crippen LogP contribution in [0, 0.1) is 6.92 Å². The second-order valence-electron chi connectivity index (χ2n) is 9.09. The molecule has 0 bridgehead atoms. The van der Waals surface area contributed by atoms with Gasteiger partial charge in [-0.15, -0.1) is 0 Å². The summed E-state index contributed by atoms with van der Waals surface area (Å²) in [6, 6.07) is 12.8. The molecule has 5 rings (SSSR count). The van der Waals surface area contributed by atoms with Crippen LogP contribution in [0.5, 0.6) is 5.75 Å². The normalized spacial score (nSPS) is 20.3. The van der Waals surface area contributed by atoms with Gasteiger partial charge in [-0.2, -0.15) is 0 Å². The smallest absolute Gasteiger partial charge is 0.226 e. The minimum Gasteiger partial charge on any atom is -0.485 e. The molecule has 2 unspecified atom stereocenters. The first-order valence-corrected chi connectivity index (χ1v) is 11.0. The van der Waals surface area contributed by atoms with Crippen LogP contribution < -0.4 is 10.1 Å². The lowest BCUT2D eigenvalue weighted by atomic mass is 9.86. The highest BCUT2D eigenvalue weighted by atomic mass is 16.5. The van der Waals surface area contributed by atoms with E-state index in [9.17, 15) is 9.90 Å². The van der Waals surface area contributed by atoms with E-state index in [4.69, 9.17) is 4.74 Å². The quantitative estimate of drug-likeness (QED) is 0.647. The van der Waals surface area contributed by atoms with Crippen molar-refractivity contribution in [1.29, 1.82) is 0 Å². The fraction of sp³-hybridized carbons (Fsp3) is 0.308. The zero-order valence-electron chi connectivity index (χ0n) is 18.9. The fourth-order valence-corrected chi connectivity index (χ4v) is 4.47. The SMILES string of the molecule is Cc1cc(C2=NCc3cc(CC(=O)NC4c5ccccc5OC(C)(C)C4O)ncc32)ccn1. The molecule has 2 atom stereocenters. The molecule has 4 heterocycles. The Morgan fingerprint density at radius 1 is 1.21 bits per heavy atom. The molecule has 7 heteroatoms. The third kappa shape index (κ3) is 4.00. The van der Waals surface area contributed by atoms with Crippen LogP contribution in [0.15, 0.2) is 59.9 Å². The summed E-state index contributed by atoms with van der Waals surface area (Å²) in [6.07, 6.45) is 2.80. The number of benzene rings is 1. The molecule has 2 N–H and O–H groups in total. The third-order valence-electron chi connectivity index (χ3n) is 6.19. The zero-order chi connectivity index (χ0) is 23.2. The molecule has 3 aromatic rings. The molecule has 7 nitrogen and oxygen atoms in total. The number of carbonyl (C=O) groups excluding carboxylic acids is 1. The van der Waals surface area contributed by atoms with E-state index in [1.165, 1.54) is 0 Å². The highest BCUT2D eigenvalue weighted by molar-refractivity contribution is 6.15. The highest BCUT2D eigenvalue weighted by Gasteiger charge is 2.43. The molecule has 0 spiro atoms. The number of ether oxygens (including phenoxy) is 1. The number of rotatable bonds is 4. The highest BCUT2D eigenvalue weighted by Crippen LogP contribution is 2.39. The summed E-state index contributed by atoms with van der Waals surface area (Å²) in [6.45, 7) is 6.14. The Hall–Kier alpha value is -3.58. The second kappa shape index (κ2) is 8.08. The lowest BCUT2D eigenvalue weighted by Gasteiger charge is -2.42. The van der Waals surface area contributed by atoms with E-state index >= 15 is 0 Å². The van der Waals surface area contributed by atoms with Gasteiger partial charge >= 0.3 is 0 Å². The number of aliphatic hydroxyl groups is 1. The van der Waals surface area contributed by atoms with Gasteiger partial charge in [-0.05, 0) is 50.6 Å². The number of hydrogen-bond acceptors (Lipinski definition) is 6. The van der Waals surface area contributed by atoms with E-state index < -0.39 is 17.7 Å². The van der Waals surface area contributed by atoms with Gasteiger partial charge in [0.25, 0.3) is 0 Å². The molecule has 0 fully saturated rings. The summed E-state index contributed by atoms with van der Waals surface area (Å²) in [5, 5.41) is 13.9. The van der Waals surface area contributed by atoms with Gasteiger partial charge in [0.2, 0.25) is 5.91 Å². The van der Waals surface area contributed by atoms with E-state index in [1.54, 1.807) is 12.4 Å². The zero-order valence-corrected chi connectivity index (χ0v) is 18.9. The summed E-state index contributed by atoms with van der Waals surface area (Å²) < 4.78 is 5.94. The number of nitrogens with one attached hydrogen (secondary N) is 1. The van der Waals surface area contributed by atoms with E-state index in [2.05, 4.69) is 20.3 Å². The summed E-state index contributed by atoms with van der Waals surface area (Å²) in [7, 11) is 0. The molecule has 1 aromatic carbocycles. The molecule has 2 aromatic heterocycles. The molecule has 1 amide bonds. The van der Waals surface area contributed by atoms with Crippen molar-refractivity contribution in [3.63, 3.8) is 0 Å². The number of aliphatic imine (C=N–C) groups is 1. The van der Waals surface area contributed by atoms with E-state index in [1.807, 2.05) is 63.2 Å². The van der Waals surface area contributed by atoms with Crippen molar-refractivity contribution in [2.45, 2.75) is 51.5 Å². The first-order valence-electron chi connectivity index (χ1n) is 11.0. The van der Waals surface area contributed by atoms with Crippen LogP contribution in [0.4, 0.5) is 0 Å². The number of aliphatic hydroxyl groups excluding tert-OH is 1. The van der Waals surface area contributed by atoms with Gasteiger partial charge in [0, 0.05) is 34.8 Å². The van der Waals surface area contributed by atoms with Crippen LogP contribution in [-0.2, 0) is 17.8 Å². The number of aryl methyl sites for hydroxylation is 1. The summed E-state index contributed by atoms with van der Waals surface area (Å²) >= 11 is 0. The molecule has 33 heavy (non-hydrogen) atoms. The average Bonchev–Trinajstić information content (AvgIpc) is 3.20. The van der Waals surface area contributed by atoms with Crippen LogP contribution >= 0.6 is 0 Å². The molecule has 0 saturated carbocycles. The average molecular weight is 443 g/mol. The maximum absolute atomic E-state index is 12.9. The first kappa shape index (κ1) is 21.3. The predicted octanol–water partition coefficient (Wildman–Crippen LogP) is 3.07. The van der Waals surface area contributed by atoms with E-state index in [0.29, 0.717) is 18.0 Å². The summed E-state index contributed by atoms with van der Waals surface area (Å²) in [5.41, 5.74) is 5.51. The predicted molar refractivity (Wildman–Crippen MR) is 124 cm³/mol. The Morgan fingerprint density at radius 2 is 2.03 bits per heavy atom. The van der Waals surface area contributed by atoms with Crippen LogP contribution in [0.25, 0.3) is 0 Å². The van der Waals surface area contributed by atoms with Gasteiger partial charge in [0.05, 0.1) is 30.4 Å². The van der Waals surface area contributed by atoms with Crippen LogP contribution in [0.1, 0.15) is 53.5 Å². The Labute approximate surface area is 192 Å². The molecular weight excluding hydrogens is 416 g/mol. The summed E-state index contributed by atoms with van der Waals surface area (Å²) in [5.74, 6) is 0.465. The third-order valence-corrected chi connectivity index (χ3v) is 6.19. The van der Waals surface area contributed by atoms with Crippen molar-refractivity contribution in [2.75, 3.05) is 0 Å². The standard InChI is InChI=1S/C26H26N4O3/c1-15-10-16(8-9-27-15)23-20-14-28-18(11-17(20)13-29-23)12-22(31)30-24-19-6-4-5-7-21(19)33-26(2,3)25(24)32/h4-11,14,24-25,32H,12-13H2,1-3H3,(H,30,31). The van der Waals surface area contributed by atoms with Crippen molar-refractivity contribution in [3.8, 4) is 5.75 Å². The topological polar surface area (TPSA) is 96.7 Å². The lowest BCUT2D eigenvalue weighted by molar-refractivity contribution is -0.125. The number of hydrogen-bond donors (Lipinski definition) is 2. The van der Waals surface area contributed by atoms with Gasteiger partial charge in [0.15, 0.2) is 0 Å². The number of amides is 1. The van der Waals surface area contributed by atoms with E-state index in [-0.39, 0.29) is 12.3 Å². The Bertz CT molecular complexity index is 1270. The number of para-hydroxylation sites is 1. The molecule has 0 radical (unpaired) electrons. The molecular formula is C26H26N4O3. The maximum atomic E-state index is 12.9. The Morgan fingerprint density at radius 3 is 2.85 bits per heavy atom. The molecule has 0 saturated heterocycles. The molecule has 168 valence electrons. The monoisotopic (exact) mass is 442 g/mol. The number of pyridine rings is 2. The van der Waals surface area contributed by atoms with Gasteiger partial charge in [0.1, 0.15) is 17.5 Å². The number of carbonyl (C=O) groups is 1. The first-order chi connectivity index (χ1) is 15.8. The van der Waals surface area contributed by atoms with Gasteiger partial charge in [-0.1, -0.05) is 18.2 Å². The van der Waals surface area contributed by atoms with Gasteiger partial charge in [-0.25, -0.2) is 0 Å². The Kier molecular flexibility index (Phi) is 5.21. The van der Waals surface area contributed by atoms with Gasteiger partial charge in [-0.3, -0.25) is 19.8 Å². The van der Waals surface area contributed by atoms with Crippen LogP contribution in [-0.4, -0.2) is 38.4 Å². The number of aromatic nitrogens is 2. The van der Waals surface area contributed by atoms with Crippen LogP contribution in [0.2, 0.25) is 0 Å². The minimum atomic E-state index is -0.885. The lowest BCUT2D eigenvalue weighted by Crippen LogP contribution is -2.53. The molecule has 0 aliphatic carbocycles. The van der Waals surface area contributed by atoms with Crippen molar-refractivity contribution < 1.29 is 14.6 Å². The fourth-order valence-electron chi connectivity index (χ4n) is 4.47. The molecule has 2 aliphatic heterocycles. The van der Waals surface area contributed by atoms with Crippen molar-refractivity contribution >= 4 is 11.6 Å². The summed E-state index contributed by atoms with van der Waals surface area (Å²) in [4.78, 5) is 26.4. The molecule has 2 aliphatic rings. The minimum absolute atomic E-state index is 0.115. The maximum Gasteiger partial charge on any atom is 0.226 e. The van der Waals surface area contributed by atoms with E-state index in [0.717, 1.165) is 33.7 Å². The van der Waals surface area contributed by atoms with Gasteiger partial charge < -0.3 is 15.2 Å².